The van der Waals surface area contributed by atoms with E-state index in [4.69, 9.17) is 4.74 Å². The summed E-state index contributed by atoms with van der Waals surface area (Å²) >= 11 is 0. The molecule has 1 saturated heterocycles. The number of hydrogen-bond donors (Lipinski definition) is 0. The van der Waals surface area contributed by atoms with Gasteiger partial charge in [-0.25, -0.2) is 0 Å². The summed E-state index contributed by atoms with van der Waals surface area (Å²) in [6.07, 6.45) is 27.5. The first kappa shape index (κ1) is 19.2. The summed E-state index contributed by atoms with van der Waals surface area (Å²) in [6.45, 7) is 5.93. The molecule has 0 bridgehead atoms. The second-order valence-corrected chi connectivity index (χ2v) is 6.46. The van der Waals surface area contributed by atoms with Crippen LogP contribution in [0.1, 0.15) is 84.0 Å². The molecule has 1 nitrogen and oxygen atoms in total. The third kappa shape index (κ3) is 10.8. The molecule has 1 aliphatic heterocycles. The Hall–Kier alpha value is -0.820. The van der Waals surface area contributed by atoms with Crippen molar-refractivity contribution in [1.29, 1.82) is 0 Å². The molecule has 0 aromatic carbocycles. The smallest absolute Gasteiger partial charge is 0.0844 e. The Kier molecular flexibility index (Phi) is 12.1. The van der Waals surface area contributed by atoms with Gasteiger partial charge in [-0.05, 0) is 19.3 Å². The van der Waals surface area contributed by atoms with Crippen molar-refractivity contribution in [2.24, 2.45) is 0 Å². The molecular weight excluding hydrogens is 268 g/mol. The predicted octanol–water partition coefficient (Wildman–Crippen LogP) is 6.75. The van der Waals surface area contributed by atoms with Gasteiger partial charge in [0.2, 0.25) is 0 Å². The number of rotatable bonds is 15. The Morgan fingerprint density at radius 3 is 2.09 bits per heavy atom. The molecule has 2 atom stereocenters. The molecule has 1 heteroatoms. The lowest BCUT2D eigenvalue weighted by molar-refractivity contribution is 0.352. The van der Waals surface area contributed by atoms with Crippen LogP contribution in [0, 0.1) is 0 Å². The Morgan fingerprint density at radius 2 is 1.41 bits per heavy atom. The number of unbranched alkanes of at least 4 members (excludes halogenated alkanes) is 8. The van der Waals surface area contributed by atoms with E-state index in [9.17, 15) is 0 Å². The molecule has 1 rings (SSSR count). The number of ether oxygens (including phenoxy) is 1. The first-order chi connectivity index (χ1) is 10.9. The summed E-state index contributed by atoms with van der Waals surface area (Å²) in [5.74, 6) is 0. The van der Waals surface area contributed by atoms with E-state index in [0.29, 0.717) is 12.2 Å². The summed E-state index contributed by atoms with van der Waals surface area (Å²) in [5.41, 5.74) is 0. The van der Waals surface area contributed by atoms with E-state index in [-0.39, 0.29) is 0 Å². The van der Waals surface area contributed by atoms with Crippen LogP contribution in [0.15, 0.2) is 37.0 Å². The molecule has 1 heterocycles. The van der Waals surface area contributed by atoms with E-state index >= 15 is 0 Å². The van der Waals surface area contributed by atoms with Gasteiger partial charge in [0.25, 0.3) is 0 Å². The number of allylic oxidation sites excluding steroid dienone is 5. The van der Waals surface area contributed by atoms with Gasteiger partial charge in [0.1, 0.15) is 0 Å². The lowest BCUT2D eigenvalue weighted by Gasteiger charge is -2.01. The highest BCUT2D eigenvalue weighted by molar-refractivity contribution is 5.08. The topological polar surface area (TPSA) is 12.5 Å². The highest BCUT2D eigenvalue weighted by atomic mass is 16.6. The van der Waals surface area contributed by atoms with Crippen molar-refractivity contribution in [2.75, 3.05) is 0 Å². The van der Waals surface area contributed by atoms with Crippen molar-refractivity contribution in [3.63, 3.8) is 0 Å². The summed E-state index contributed by atoms with van der Waals surface area (Å²) in [4.78, 5) is 0. The maximum atomic E-state index is 5.75. The van der Waals surface area contributed by atoms with Crippen LogP contribution in [0.4, 0.5) is 0 Å². The average molecular weight is 305 g/mol. The molecule has 0 amide bonds. The van der Waals surface area contributed by atoms with E-state index in [1.807, 2.05) is 12.2 Å². The molecule has 2 unspecified atom stereocenters. The Balaban J connectivity index is 1.81. The third-order valence-electron chi connectivity index (χ3n) is 4.39. The van der Waals surface area contributed by atoms with Crippen molar-refractivity contribution in [2.45, 2.75) is 96.2 Å². The largest absolute Gasteiger partial charge is 0.370 e. The monoisotopic (exact) mass is 304 g/mol. The molecular formula is C21H36O. The van der Waals surface area contributed by atoms with E-state index in [1.54, 1.807) is 6.08 Å². The number of epoxide rings is 1. The van der Waals surface area contributed by atoms with Crippen molar-refractivity contribution in [3.05, 3.63) is 37.0 Å². The molecule has 0 radical (unpaired) electrons. The molecule has 126 valence electrons. The molecule has 0 saturated carbocycles. The molecule has 0 aliphatic carbocycles. The SMILES string of the molecule is C=C/C=C\C=C/CCC1OC1CCCCCCCCCCC. The third-order valence-corrected chi connectivity index (χ3v) is 4.39. The van der Waals surface area contributed by atoms with Gasteiger partial charge in [0.15, 0.2) is 0 Å². The Labute approximate surface area is 138 Å². The van der Waals surface area contributed by atoms with Crippen molar-refractivity contribution in [1.82, 2.24) is 0 Å². The van der Waals surface area contributed by atoms with Gasteiger partial charge in [0, 0.05) is 0 Å². The molecule has 22 heavy (non-hydrogen) atoms. The molecule has 1 fully saturated rings. The zero-order chi connectivity index (χ0) is 15.9. The van der Waals surface area contributed by atoms with Crippen LogP contribution in [0.5, 0.6) is 0 Å². The lowest BCUT2D eigenvalue weighted by Crippen LogP contribution is -1.93. The van der Waals surface area contributed by atoms with E-state index in [2.05, 4.69) is 25.7 Å². The van der Waals surface area contributed by atoms with E-state index < -0.39 is 0 Å². The molecule has 1 aliphatic rings. The van der Waals surface area contributed by atoms with Crippen LogP contribution < -0.4 is 0 Å². The van der Waals surface area contributed by atoms with Gasteiger partial charge in [0.05, 0.1) is 12.2 Å². The summed E-state index contributed by atoms with van der Waals surface area (Å²) in [7, 11) is 0. The van der Waals surface area contributed by atoms with Crippen molar-refractivity contribution < 1.29 is 4.74 Å². The quantitative estimate of drug-likeness (QED) is 0.185. The van der Waals surface area contributed by atoms with Gasteiger partial charge in [-0.15, -0.1) is 0 Å². The second kappa shape index (κ2) is 13.8. The average Bonchev–Trinajstić information content (AvgIpc) is 3.27. The van der Waals surface area contributed by atoms with Crippen LogP contribution in [0.25, 0.3) is 0 Å². The fourth-order valence-corrected chi connectivity index (χ4v) is 2.92. The molecule has 0 aromatic heterocycles. The highest BCUT2D eigenvalue weighted by Crippen LogP contribution is 2.31. The van der Waals surface area contributed by atoms with Gasteiger partial charge in [-0.2, -0.15) is 0 Å². The Morgan fingerprint density at radius 1 is 0.773 bits per heavy atom. The van der Waals surface area contributed by atoms with Gasteiger partial charge in [-0.3, -0.25) is 0 Å². The predicted molar refractivity (Wildman–Crippen MR) is 98.2 cm³/mol. The molecule has 0 aromatic rings. The molecule has 0 spiro atoms. The molecule has 0 N–H and O–H groups in total. The van der Waals surface area contributed by atoms with Crippen LogP contribution in [-0.2, 0) is 4.74 Å². The van der Waals surface area contributed by atoms with Crippen LogP contribution in [0.3, 0.4) is 0 Å². The van der Waals surface area contributed by atoms with Gasteiger partial charge >= 0.3 is 0 Å². The fourth-order valence-electron chi connectivity index (χ4n) is 2.92. The maximum Gasteiger partial charge on any atom is 0.0844 e. The first-order valence-corrected chi connectivity index (χ1v) is 9.48. The lowest BCUT2D eigenvalue weighted by atomic mass is 10.0. The van der Waals surface area contributed by atoms with Gasteiger partial charge in [-0.1, -0.05) is 102 Å². The fraction of sp³-hybridized carbons (Fsp3) is 0.714. The first-order valence-electron chi connectivity index (χ1n) is 9.48. The van der Waals surface area contributed by atoms with Crippen LogP contribution in [0.2, 0.25) is 0 Å². The van der Waals surface area contributed by atoms with Crippen LogP contribution >= 0.6 is 0 Å². The normalized spacial score (nSPS) is 21.0. The summed E-state index contributed by atoms with van der Waals surface area (Å²) in [6, 6.07) is 0. The maximum absolute atomic E-state index is 5.75. The standard InChI is InChI=1S/C21H36O/c1-3-5-7-9-11-12-13-15-17-19-21-20(22-21)18-16-14-10-8-6-4-2/h4,6,8,10,14,20-21H,2-3,5,7,9,11-13,15-19H2,1H3/b8-6-,14-10-. The highest BCUT2D eigenvalue weighted by Gasteiger charge is 2.36. The minimum atomic E-state index is 0.544. The van der Waals surface area contributed by atoms with Crippen molar-refractivity contribution >= 4 is 0 Å². The van der Waals surface area contributed by atoms with E-state index in [1.165, 1.54) is 70.6 Å². The van der Waals surface area contributed by atoms with Crippen molar-refractivity contribution in [3.8, 4) is 0 Å². The minimum Gasteiger partial charge on any atom is -0.370 e. The summed E-state index contributed by atoms with van der Waals surface area (Å²) in [5, 5.41) is 0. The minimum absolute atomic E-state index is 0.544. The summed E-state index contributed by atoms with van der Waals surface area (Å²) < 4.78 is 5.75. The van der Waals surface area contributed by atoms with Crippen LogP contribution in [-0.4, -0.2) is 12.2 Å². The zero-order valence-corrected chi connectivity index (χ0v) is 14.6. The Bertz CT molecular complexity index is 316. The van der Waals surface area contributed by atoms with E-state index in [0.717, 1.165) is 6.42 Å². The van der Waals surface area contributed by atoms with Gasteiger partial charge < -0.3 is 4.74 Å². The number of hydrogen-bond acceptors (Lipinski definition) is 1. The second-order valence-electron chi connectivity index (χ2n) is 6.46. The zero-order valence-electron chi connectivity index (χ0n) is 14.6.